The van der Waals surface area contributed by atoms with E-state index in [1.54, 1.807) is 12.1 Å². The lowest BCUT2D eigenvalue weighted by Crippen LogP contribution is -1.95. The number of benzene rings is 2. The SMILES string of the molecule is OCc1cccc(OCc2nc3cc(F)ccc3s2)c1. The van der Waals surface area contributed by atoms with Crippen LogP contribution in [0.25, 0.3) is 10.2 Å². The number of ether oxygens (including phenoxy) is 1. The van der Waals surface area contributed by atoms with Crippen LogP contribution in [0.3, 0.4) is 0 Å². The summed E-state index contributed by atoms with van der Waals surface area (Å²) in [5.41, 5.74) is 1.45. The highest BCUT2D eigenvalue weighted by Gasteiger charge is 2.06. The maximum absolute atomic E-state index is 13.1. The number of nitrogens with zero attached hydrogens (tertiary/aromatic N) is 1. The fourth-order valence-electron chi connectivity index (χ4n) is 1.89. The largest absolute Gasteiger partial charge is 0.486 e. The van der Waals surface area contributed by atoms with Gasteiger partial charge in [0.2, 0.25) is 0 Å². The van der Waals surface area contributed by atoms with E-state index in [1.165, 1.54) is 23.5 Å². The Morgan fingerprint density at radius 2 is 2.10 bits per heavy atom. The van der Waals surface area contributed by atoms with E-state index in [9.17, 15) is 4.39 Å². The molecule has 1 aromatic heterocycles. The number of aliphatic hydroxyl groups excluding tert-OH is 1. The van der Waals surface area contributed by atoms with Crippen molar-refractivity contribution in [3.63, 3.8) is 0 Å². The van der Waals surface area contributed by atoms with Crippen LogP contribution >= 0.6 is 11.3 Å². The monoisotopic (exact) mass is 289 g/mol. The molecule has 3 aromatic rings. The summed E-state index contributed by atoms with van der Waals surface area (Å²) in [6, 6.07) is 11.8. The second kappa shape index (κ2) is 5.56. The van der Waals surface area contributed by atoms with Crippen LogP contribution in [0.15, 0.2) is 42.5 Å². The molecule has 20 heavy (non-hydrogen) atoms. The molecule has 0 unspecified atom stereocenters. The van der Waals surface area contributed by atoms with Crippen LogP contribution in [-0.4, -0.2) is 10.1 Å². The van der Waals surface area contributed by atoms with E-state index in [0.29, 0.717) is 17.9 Å². The van der Waals surface area contributed by atoms with Crippen LogP contribution in [0.4, 0.5) is 4.39 Å². The van der Waals surface area contributed by atoms with E-state index in [1.807, 2.05) is 18.2 Å². The zero-order valence-electron chi connectivity index (χ0n) is 10.5. The van der Waals surface area contributed by atoms with Gasteiger partial charge in [0.1, 0.15) is 23.2 Å². The predicted molar refractivity (Wildman–Crippen MR) is 76.3 cm³/mol. The zero-order valence-corrected chi connectivity index (χ0v) is 11.4. The van der Waals surface area contributed by atoms with Gasteiger partial charge in [-0.1, -0.05) is 12.1 Å². The summed E-state index contributed by atoms with van der Waals surface area (Å²) in [7, 11) is 0. The highest BCUT2D eigenvalue weighted by Crippen LogP contribution is 2.24. The predicted octanol–water partition coefficient (Wildman–Crippen LogP) is 3.51. The summed E-state index contributed by atoms with van der Waals surface area (Å²) in [6.45, 7) is 0.313. The Labute approximate surface area is 119 Å². The van der Waals surface area contributed by atoms with Crippen LogP contribution in [0.5, 0.6) is 5.75 Å². The van der Waals surface area contributed by atoms with Gasteiger partial charge in [0.15, 0.2) is 0 Å². The van der Waals surface area contributed by atoms with Crippen molar-refractivity contribution in [3.8, 4) is 5.75 Å². The maximum atomic E-state index is 13.1. The van der Waals surface area contributed by atoms with E-state index in [0.717, 1.165) is 15.3 Å². The van der Waals surface area contributed by atoms with E-state index < -0.39 is 0 Å². The maximum Gasteiger partial charge on any atom is 0.140 e. The van der Waals surface area contributed by atoms with E-state index >= 15 is 0 Å². The van der Waals surface area contributed by atoms with E-state index in [4.69, 9.17) is 9.84 Å². The van der Waals surface area contributed by atoms with Gasteiger partial charge < -0.3 is 9.84 Å². The van der Waals surface area contributed by atoms with Gasteiger partial charge in [0, 0.05) is 6.07 Å². The van der Waals surface area contributed by atoms with Crippen molar-refractivity contribution in [2.75, 3.05) is 0 Å². The Kier molecular flexibility index (Phi) is 3.62. The number of rotatable bonds is 4. The molecule has 1 N–H and O–H groups in total. The molecular weight excluding hydrogens is 277 g/mol. The lowest BCUT2D eigenvalue weighted by Gasteiger charge is -2.05. The first-order chi connectivity index (χ1) is 9.74. The average molecular weight is 289 g/mol. The third-order valence-corrected chi connectivity index (χ3v) is 3.85. The Morgan fingerprint density at radius 3 is 2.95 bits per heavy atom. The smallest absolute Gasteiger partial charge is 0.140 e. The topological polar surface area (TPSA) is 42.4 Å². The molecule has 0 saturated carbocycles. The molecule has 3 nitrogen and oxygen atoms in total. The summed E-state index contributed by atoms with van der Waals surface area (Å²) >= 11 is 1.48. The summed E-state index contributed by atoms with van der Waals surface area (Å²) in [5, 5.41) is 9.86. The first-order valence-electron chi connectivity index (χ1n) is 6.12. The molecule has 0 bridgehead atoms. The van der Waals surface area contributed by atoms with Crippen LogP contribution in [0.2, 0.25) is 0 Å². The number of hydrogen-bond acceptors (Lipinski definition) is 4. The summed E-state index contributed by atoms with van der Waals surface area (Å²) in [4.78, 5) is 4.34. The Balaban J connectivity index is 1.76. The van der Waals surface area contributed by atoms with Crippen molar-refractivity contribution in [3.05, 3.63) is 58.9 Å². The fraction of sp³-hybridized carbons (Fsp3) is 0.133. The quantitative estimate of drug-likeness (QED) is 0.799. The van der Waals surface area contributed by atoms with E-state index in [2.05, 4.69) is 4.98 Å². The molecule has 0 aliphatic heterocycles. The molecule has 102 valence electrons. The first kappa shape index (κ1) is 13.0. The molecule has 3 rings (SSSR count). The third kappa shape index (κ3) is 2.79. The second-order valence-corrected chi connectivity index (χ2v) is 5.43. The van der Waals surface area contributed by atoms with Gasteiger partial charge in [-0.05, 0) is 29.8 Å². The zero-order chi connectivity index (χ0) is 13.9. The molecule has 0 radical (unpaired) electrons. The molecular formula is C15H12FNO2S. The van der Waals surface area contributed by atoms with Crippen LogP contribution in [-0.2, 0) is 13.2 Å². The number of aromatic nitrogens is 1. The number of thiazole rings is 1. The minimum atomic E-state index is -0.286. The molecule has 2 aromatic carbocycles. The van der Waals surface area contributed by atoms with Crippen molar-refractivity contribution < 1.29 is 14.2 Å². The van der Waals surface area contributed by atoms with Crippen molar-refractivity contribution >= 4 is 21.6 Å². The van der Waals surface area contributed by atoms with Crippen LogP contribution in [0.1, 0.15) is 10.6 Å². The summed E-state index contributed by atoms with van der Waals surface area (Å²) < 4.78 is 19.7. The summed E-state index contributed by atoms with van der Waals surface area (Å²) in [6.07, 6.45) is 0. The average Bonchev–Trinajstić information content (AvgIpc) is 2.87. The van der Waals surface area contributed by atoms with Gasteiger partial charge >= 0.3 is 0 Å². The van der Waals surface area contributed by atoms with Gasteiger partial charge in [0.05, 0.1) is 16.8 Å². The fourth-order valence-corrected chi connectivity index (χ4v) is 2.75. The lowest BCUT2D eigenvalue weighted by atomic mass is 10.2. The Hall–Kier alpha value is -1.98. The molecule has 0 aliphatic rings. The van der Waals surface area contributed by atoms with Crippen molar-refractivity contribution in [2.45, 2.75) is 13.2 Å². The Morgan fingerprint density at radius 1 is 1.20 bits per heavy atom. The minimum absolute atomic E-state index is 0.0163. The summed E-state index contributed by atoms with van der Waals surface area (Å²) in [5.74, 6) is 0.396. The highest BCUT2D eigenvalue weighted by atomic mass is 32.1. The third-order valence-electron chi connectivity index (χ3n) is 2.84. The molecule has 5 heteroatoms. The van der Waals surface area contributed by atoms with Crippen LogP contribution < -0.4 is 4.74 Å². The molecule has 0 amide bonds. The molecule has 0 spiro atoms. The normalized spacial score (nSPS) is 10.9. The van der Waals surface area contributed by atoms with Gasteiger partial charge in [-0.15, -0.1) is 11.3 Å². The van der Waals surface area contributed by atoms with Gasteiger partial charge in [-0.3, -0.25) is 0 Å². The first-order valence-corrected chi connectivity index (χ1v) is 6.94. The number of hydrogen-bond donors (Lipinski definition) is 1. The number of aliphatic hydroxyl groups is 1. The van der Waals surface area contributed by atoms with Crippen molar-refractivity contribution in [1.82, 2.24) is 4.98 Å². The molecule has 0 fully saturated rings. The van der Waals surface area contributed by atoms with Gasteiger partial charge in [0.25, 0.3) is 0 Å². The standard InChI is InChI=1S/C15H12FNO2S/c16-11-4-5-14-13(7-11)17-15(20-14)9-19-12-3-1-2-10(6-12)8-18/h1-7,18H,8-9H2. The number of fused-ring (bicyclic) bond motifs is 1. The molecule has 1 heterocycles. The minimum Gasteiger partial charge on any atom is -0.486 e. The molecule has 0 atom stereocenters. The number of halogens is 1. The molecule has 0 aliphatic carbocycles. The van der Waals surface area contributed by atoms with E-state index in [-0.39, 0.29) is 12.4 Å². The van der Waals surface area contributed by atoms with Gasteiger partial charge in [-0.25, -0.2) is 9.37 Å². The molecule has 0 saturated heterocycles. The van der Waals surface area contributed by atoms with Crippen molar-refractivity contribution in [1.29, 1.82) is 0 Å². The van der Waals surface area contributed by atoms with Gasteiger partial charge in [-0.2, -0.15) is 0 Å². The van der Waals surface area contributed by atoms with Crippen molar-refractivity contribution in [2.24, 2.45) is 0 Å². The van der Waals surface area contributed by atoms with Crippen LogP contribution in [0, 0.1) is 5.82 Å². The highest BCUT2D eigenvalue weighted by molar-refractivity contribution is 7.18. The second-order valence-electron chi connectivity index (χ2n) is 4.31. The lowest BCUT2D eigenvalue weighted by molar-refractivity contribution is 0.278. The Bertz CT molecular complexity index is 742.